The molecule has 3 rings (SSSR count). The first-order chi connectivity index (χ1) is 14.1. The smallest absolute Gasteiger partial charge is 0.293 e. The highest BCUT2D eigenvalue weighted by molar-refractivity contribution is 5.94. The Balaban J connectivity index is 1.82. The van der Waals surface area contributed by atoms with Crippen molar-refractivity contribution in [1.82, 2.24) is 30.7 Å². The average Bonchev–Trinajstić information content (AvgIpc) is 3.33. The maximum absolute atomic E-state index is 12.6. The third-order valence-corrected chi connectivity index (χ3v) is 3.97. The van der Waals surface area contributed by atoms with Crippen LogP contribution >= 0.6 is 0 Å². The van der Waals surface area contributed by atoms with Crippen LogP contribution in [0.5, 0.6) is 11.5 Å². The van der Waals surface area contributed by atoms with Crippen LogP contribution in [0.3, 0.4) is 0 Å². The highest BCUT2D eigenvalue weighted by Crippen LogP contribution is 2.22. The molecule has 0 unspecified atom stereocenters. The number of hydrazone groups is 1. The Hall–Kier alpha value is -3.96. The summed E-state index contributed by atoms with van der Waals surface area (Å²) in [5.74, 6) is 0.890. The Morgan fingerprint density at radius 3 is 2.83 bits per heavy atom. The van der Waals surface area contributed by atoms with Crippen LogP contribution in [0.25, 0.3) is 5.82 Å². The Morgan fingerprint density at radius 2 is 2.17 bits per heavy atom. The fourth-order valence-corrected chi connectivity index (χ4v) is 2.60. The molecular weight excluding hydrogens is 380 g/mol. The van der Waals surface area contributed by atoms with Gasteiger partial charge in [-0.2, -0.15) is 9.78 Å². The second-order valence-electron chi connectivity index (χ2n) is 5.83. The van der Waals surface area contributed by atoms with Crippen LogP contribution in [0.4, 0.5) is 5.82 Å². The number of carbonyl (C=O) groups excluding carboxylic acids is 1. The Bertz CT molecular complexity index is 1030. The zero-order chi connectivity index (χ0) is 20.8. The van der Waals surface area contributed by atoms with E-state index in [0.29, 0.717) is 29.2 Å². The Morgan fingerprint density at radius 1 is 1.34 bits per heavy atom. The van der Waals surface area contributed by atoms with Gasteiger partial charge in [0.1, 0.15) is 11.5 Å². The van der Waals surface area contributed by atoms with Crippen LogP contribution < -0.4 is 20.6 Å². The van der Waals surface area contributed by atoms with E-state index in [1.54, 1.807) is 25.3 Å². The number of anilines is 1. The molecule has 0 spiro atoms. The number of carbonyl (C=O) groups is 1. The van der Waals surface area contributed by atoms with Crippen LogP contribution in [0.1, 0.15) is 35.1 Å². The topological polar surface area (TPSA) is 156 Å². The van der Waals surface area contributed by atoms with Crippen LogP contribution in [-0.4, -0.2) is 51.6 Å². The minimum absolute atomic E-state index is 0.0438. The summed E-state index contributed by atoms with van der Waals surface area (Å²) < 4.78 is 16.4. The number of hydrogen-bond acceptors (Lipinski definition) is 10. The molecule has 0 saturated heterocycles. The van der Waals surface area contributed by atoms with Crippen molar-refractivity contribution in [2.75, 3.05) is 20.0 Å². The first kappa shape index (κ1) is 19.8. The van der Waals surface area contributed by atoms with E-state index in [0.717, 1.165) is 6.42 Å². The standard InChI is InChI=1S/C17H20N8O4/c1-4-5-12-14(20-24-25(12)16-15(18)22-29-23-16)17(26)21-19-9-10-8-11(27-2)6-7-13(10)28-3/h6-9H,4-5H2,1-3H3,(H2,18,22)(H,21,26). The van der Waals surface area contributed by atoms with Gasteiger partial charge in [0, 0.05) is 5.56 Å². The Kier molecular flexibility index (Phi) is 6.02. The normalized spacial score (nSPS) is 11.0. The van der Waals surface area contributed by atoms with Crippen molar-refractivity contribution in [3.63, 3.8) is 0 Å². The number of nitrogens with two attached hydrogens (primary N) is 1. The molecule has 0 bridgehead atoms. The lowest BCUT2D eigenvalue weighted by atomic mass is 10.2. The molecule has 152 valence electrons. The summed E-state index contributed by atoms with van der Waals surface area (Å²) in [7, 11) is 3.10. The Labute approximate surface area is 165 Å². The van der Waals surface area contributed by atoms with Crippen LogP contribution in [0.15, 0.2) is 27.9 Å². The summed E-state index contributed by atoms with van der Waals surface area (Å²) in [6, 6.07) is 5.23. The van der Waals surface area contributed by atoms with Crippen molar-refractivity contribution in [2.45, 2.75) is 19.8 Å². The van der Waals surface area contributed by atoms with Gasteiger partial charge in [-0.1, -0.05) is 18.6 Å². The van der Waals surface area contributed by atoms with Crippen molar-refractivity contribution < 1.29 is 18.9 Å². The summed E-state index contributed by atoms with van der Waals surface area (Å²) in [6.45, 7) is 1.96. The first-order valence-electron chi connectivity index (χ1n) is 8.67. The molecule has 1 aromatic carbocycles. The number of benzene rings is 1. The largest absolute Gasteiger partial charge is 0.497 e. The van der Waals surface area contributed by atoms with Gasteiger partial charge in [0.25, 0.3) is 5.91 Å². The van der Waals surface area contributed by atoms with Gasteiger partial charge in [-0.25, -0.2) is 10.1 Å². The number of aromatic nitrogens is 5. The van der Waals surface area contributed by atoms with Crippen molar-refractivity contribution in [3.05, 3.63) is 35.2 Å². The summed E-state index contributed by atoms with van der Waals surface area (Å²) >= 11 is 0. The fraction of sp³-hybridized carbons (Fsp3) is 0.294. The number of ether oxygens (including phenoxy) is 2. The van der Waals surface area contributed by atoms with Crippen LogP contribution in [-0.2, 0) is 6.42 Å². The molecule has 0 saturated carbocycles. The molecule has 0 atom stereocenters. The molecule has 29 heavy (non-hydrogen) atoms. The highest BCUT2D eigenvalue weighted by atomic mass is 16.6. The van der Waals surface area contributed by atoms with Gasteiger partial charge in [0.2, 0.25) is 11.6 Å². The number of nitrogens with zero attached hydrogens (tertiary/aromatic N) is 6. The fourth-order valence-electron chi connectivity index (χ4n) is 2.60. The molecule has 1 amide bonds. The number of rotatable bonds is 8. The summed E-state index contributed by atoms with van der Waals surface area (Å²) in [6.07, 6.45) is 2.70. The second-order valence-corrected chi connectivity index (χ2v) is 5.83. The number of hydrogen-bond donors (Lipinski definition) is 2. The maximum Gasteiger partial charge on any atom is 0.293 e. The number of amides is 1. The summed E-state index contributed by atoms with van der Waals surface area (Å²) in [4.78, 5) is 12.6. The summed E-state index contributed by atoms with van der Waals surface area (Å²) in [5, 5.41) is 19.1. The van der Waals surface area contributed by atoms with Crippen molar-refractivity contribution >= 4 is 17.9 Å². The molecule has 3 aromatic rings. The lowest BCUT2D eigenvalue weighted by molar-refractivity contribution is 0.0949. The molecule has 0 aliphatic heterocycles. The van der Waals surface area contributed by atoms with E-state index in [2.05, 4.69) is 35.8 Å². The van der Waals surface area contributed by atoms with Crippen molar-refractivity contribution in [2.24, 2.45) is 5.10 Å². The van der Waals surface area contributed by atoms with Gasteiger partial charge in [0.15, 0.2) is 5.69 Å². The average molecular weight is 400 g/mol. The van der Waals surface area contributed by atoms with Gasteiger partial charge in [-0.15, -0.1) is 5.10 Å². The van der Waals surface area contributed by atoms with E-state index in [1.165, 1.54) is 18.0 Å². The quantitative estimate of drug-likeness (QED) is 0.415. The molecular formula is C17H20N8O4. The molecule has 0 aliphatic rings. The minimum Gasteiger partial charge on any atom is -0.497 e. The minimum atomic E-state index is -0.534. The molecule has 0 radical (unpaired) electrons. The zero-order valence-electron chi connectivity index (χ0n) is 16.1. The summed E-state index contributed by atoms with van der Waals surface area (Å²) in [5.41, 5.74) is 9.40. The molecule has 12 nitrogen and oxygen atoms in total. The molecule has 0 fully saturated rings. The second kappa shape index (κ2) is 8.82. The highest BCUT2D eigenvalue weighted by Gasteiger charge is 2.23. The van der Waals surface area contributed by atoms with Gasteiger partial charge in [-0.3, -0.25) is 4.79 Å². The van der Waals surface area contributed by atoms with Gasteiger partial charge in [0.05, 0.1) is 26.1 Å². The molecule has 0 aliphatic carbocycles. The molecule has 12 heteroatoms. The maximum atomic E-state index is 12.6. The lowest BCUT2D eigenvalue weighted by Gasteiger charge is -2.07. The van der Waals surface area contributed by atoms with Gasteiger partial charge < -0.3 is 15.2 Å². The monoisotopic (exact) mass is 400 g/mol. The van der Waals surface area contributed by atoms with Gasteiger partial charge in [-0.05, 0) is 34.9 Å². The predicted molar refractivity (Wildman–Crippen MR) is 102 cm³/mol. The van der Waals surface area contributed by atoms with Crippen LogP contribution in [0, 0.1) is 0 Å². The van der Waals surface area contributed by atoms with E-state index < -0.39 is 5.91 Å². The molecule has 3 N–H and O–H groups in total. The van der Waals surface area contributed by atoms with E-state index in [-0.39, 0.29) is 17.3 Å². The van der Waals surface area contributed by atoms with E-state index in [1.807, 2.05) is 6.92 Å². The lowest BCUT2D eigenvalue weighted by Crippen LogP contribution is -2.20. The van der Waals surface area contributed by atoms with Crippen molar-refractivity contribution in [1.29, 1.82) is 0 Å². The molecule has 2 aromatic heterocycles. The number of nitrogens with one attached hydrogen (secondary N) is 1. The van der Waals surface area contributed by atoms with E-state index in [4.69, 9.17) is 15.2 Å². The van der Waals surface area contributed by atoms with E-state index >= 15 is 0 Å². The van der Waals surface area contributed by atoms with Gasteiger partial charge >= 0.3 is 0 Å². The third kappa shape index (κ3) is 4.15. The van der Waals surface area contributed by atoms with E-state index in [9.17, 15) is 4.79 Å². The third-order valence-electron chi connectivity index (χ3n) is 3.97. The number of nitrogen functional groups attached to an aromatic ring is 1. The number of methoxy groups -OCH3 is 2. The first-order valence-corrected chi connectivity index (χ1v) is 8.67. The zero-order valence-corrected chi connectivity index (χ0v) is 16.1. The molecule has 2 heterocycles. The predicted octanol–water partition coefficient (Wildman–Crippen LogP) is 0.966. The van der Waals surface area contributed by atoms with Crippen molar-refractivity contribution in [3.8, 4) is 17.3 Å². The van der Waals surface area contributed by atoms with Crippen LogP contribution in [0.2, 0.25) is 0 Å². The SMILES string of the molecule is CCCc1c(C(=O)NN=Cc2cc(OC)ccc2OC)nnn1-c1nonc1N.